The lowest BCUT2D eigenvalue weighted by Crippen LogP contribution is -2.47. The highest BCUT2D eigenvalue weighted by atomic mass is 16.2. The minimum atomic E-state index is -0.244. The van der Waals surface area contributed by atoms with Crippen LogP contribution in [0, 0.1) is 19.8 Å². The van der Waals surface area contributed by atoms with Crippen LogP contribution in [0.1, 0.15) is 45.7 Å². The molecule has 1 aromatic carbocycles. The maximum Gasteiger partial charge on any atom is 0.262 e. The molecule has 102 valence electrons. The third-order valence-corrected chi connectivity index (χ3v) is 3.83. The van der Waals surface area contributed by atoms with E-state index in [1.54, 1.807) is 0 Å². The molecule has 1 unspecified atom stereocenters. The predicted molar refractivity (Wildman–Crippen MR) is 74.1 cm³/mol. The van der Waals surface area contributed by atoms with Gasteiger partial charge in [-0.25, -0.2) is 0 Å². The summed E-state index contributed by atoms with van der Waals surface area (Å²) in [4.78, 5) is 26.4. The van der Waals surface area contributed by atoms with Gasteiger partial charge in [-0.3, -0.25) is 14.5 Å². The van der Waals surface area contributed by atoms with Crippen molar-refractivity contribution in [3.05, 3.63) is 34.4 Å². The Labute approximate surface area is 113 Å². The maximum absolute atomic E-state index is 12.5. The van der Waals surface area contributed by atoms with E-state index in [0.717, 1.165) is 11.1 Å². The molecule has 1 heterocycles. The van der Waals surface area contributed by atoms with Gasteiger partial charge in [-0.2, -0.15) is 0 Å². The number of carbonyl (C=O) groups is 2. The van der Waals surface area contributed by atoms with Crippen LogP contribution in [0.5, 0.6) is 0 Å². The second kappa shape index (κ2) is 4.78. The van der Waals surface area contributed by atoms with E-state index >= 15 is 0 Å². The molecule has 1 aromatic rings. The van der Waals surface area contributed by atoms with Gasteiger partial charge < -0.3 is 5.73 Å². The maximum atomic E-state index is 12.5. The normalized spacial score (nSPS) is 16.2. The standard InChI is InChI=1S/C15H20N2O2/c1-8(2)11(7-16)17-14(18)12-9(3)5-6-10(4)13(12)15(17)19/h5-6,8,11H,7,16H2,1-4H3. The first kappa shape index (κ1) is 13.7. The average molecular weight is 260 g/mol. The number of amides is 2. The minimum absolute atomic E-state index is 0.146. The number of benzene rings is 1. The molecule has 2 amide bonds. The van der Waals surface area contributed by atoms with Gasteiger partial charge in [0.1, 0.15) is 0 Å². The van der Waals surface area contributed by atoms with Gasteiger partial charge in [-0.05, 0) is 30.9 Å². The van der Waals surface area contributed by atoms with E-state index in [1.807, 2.05) is 39.8 Å². The van der Waals surface area contributed by atoms with Crippen LogP contribution in [0.4, 0.5) is 0 Å². The van der Waals surface area contributed by atoms with Crippen LogP contribution in [0.25, 0.3) is 0 Å². The van der Waals surface area contributed by atoms with Crippen molar-refractivity contribution in [2.75, 3.05) is 6.54 Å². The second-order valence-corrected chi connectivity index (χ2v) is 5.48. The van der Waals surface area contributed by atoms with E-state index < -0.39 is 0 Å². The Kier molecular flexibility index (Phi) is 3.45. The lowest BCUT2D eigenvalue weighted by Gasteiger charge is -2.28. The van der Waals surface area contributed by atoms with Crippen molar-refractivity contribution in [3.63, 3.8) is 0 Å². The molecule has 0 saturated heterocycles. The van der Waals surface area contributed by atoms with Gasteiger partial charge in [-0.15, -0.1) is 0 Å². The second-order valence-electron chi connectivity index (χ2n) is 5.48. The summed E-state index contributed by atoms with van der Waals surface area (Å²) >= 11 is 0. The fourth-order valence-electron chi connectivity index (χ4n) is 2.67. The lowest BCUT2D eigenvalue weighted by molar-refractivity contribution is 0.0548. The first-order chi connectivity index (χ1) is 8.90. The van der Waals surface area contributed by atoms with Crippen molar-refractivity contribution >= 4 is 11.8 Å². The SMILES string of the molecule is Cc1ccc(C)c2c1C(=O)N(C(CN)C(C)C)C2=O. The first-order valence-corrected chi connectivity index (χ1v) is 6.58. The van der Waals surface area contributed by atoms with Gasteiger partial charge >= 0.3 is 0 Å². The van der Waals surface area contributed by atoms with Crippen LogP contribution in [-0.2, 0) is 0 Å². The number of fused-ring (bicyclic) bond motifs is 1. The highest BCUT2D eigenvalue weighted by Crippen LogP contribution is 2.31. The lowest BCUT2D eigenvalue weighted by atomic mass is 9.99. The van der Waals surface area contributed by atoms with Gasteiger partial charge in [0.05, 0.1) is 17.2 Å². The van der Waals surface area contributed by atoms with Gasteiger partial charge in [0.15, 0.2) is 0 Å². The van der Waals surface area contributed by atoms with E-state index in [9.17, 15) is 9.59 Å². The number of hydrogen-bond acceptors (Lipinski definition) is 3. The molecule has 4 heteroatoms. The van der Waals surface area contributed by atoms with Crippen molar-refractivity contribution in [1.82, 2.24) is 4.90 Å². The molecule has 2 rings (SSSR count). The summed E-state index contributed by atoms with van der Waals surface area (Å²) in [5, 5.41) is 0. The Bertz CT molecular complexity index is 508. The average Bonchev–Trinajstić information content (AvgIpc) is 2.60. The van der Waals surface area contributed by atoms with Crippen LogP contribution in [0.15, 0.2) is 12.1 Å². The molecule has 0 aliphatic carbocycles. The summed E-state index contributed by atoms with van der Waals surface area (Å²) in [7, 11) is 0. The summed E-state index contributed by atoms with van der Waals surface area (Å²) in [5.74, 6) is -0.261. The Balaban J connectivity index is 2.56. The van der Waals surface area contributed by atoms with Crippen molar-refractivity contribution in [2.45, 2.75) is 33.7 Å². The zero-order valence-corrected chi connectivity index (χ0v) is 11.9. The Hall–Kier alpha value is -1.68. The monoisotopic (exact) mass is 260 g/mol. The molecule has 1 atom stereocenters. The van der Waals surface area contributed by atoms with Crippen LogP contribution < -0.4 is 5.73 Å². The quantitative estimate of drug-likeness (QED) is 0.844. The fraction of sp³-hybridized carbons (Fsp3) is 0.467. The van der Waals surface area contributed by atoms with Crippen LogP contribution in [0.2, 0.25) is 0 Å². The highest BCUT2D eigenvalue weighted by Gasteiger charge is 2.42. The number of nitrogens with two attached hydrogens (primary N) is 1. The van der Waals surface area contributed by atoms with Crippen LogP contribution >= 0.6 is 0 Å². The Morgan fingerprint density at radius 2 is 1.47 bits per heavy atom. The summed E-state index contributed by atoms with van der Waals surface area (Å²) < 4.78 is 0. The molecule has 1 aliphatic rings. The molecule has 2 N–H and O–H groups in total. The zero-order valence-electron chi connectivity index (χ0n) is 11.9. The molecule has 4 nitrogen and oxygen atoms in total. The Morgan fingerprint density at radius 1 is 1.05 bits per heavy atom. The molecule has 0 fully saturated rings. The first-order valence-electron chi connectivity index (χ1n) is 6.58. The number of imide groups is 1. The van der Waals surface area contributed by atoms with Gasteiger partial charge in [0, 0.05) is 6.54 Å². The molecular weight excluding hydrogens is 240 g/mol. The highest BCUT2D eigenvalue weighted by molar-refractivity contribution is 6.22. The molecule has 0 saturated carbocycles. The predicted octanol–water partition coefficient (Wildman–Crippen LogP) is 1.88. The summed E-state index contributed by atoms with van der Waals surface area (Å²) in [6.07, 6.45) is 0. The fourth-order valence-corrected chi connectivity index (χ4v) is 2.67. The number of hydrogen-bond donors (Lipinski definition) is 1. The van der Waals surface area contributed by atoms with Crippen LogP contribution in [-0.4, -0.2) is 29.3 Å². The molecule has 0 bridgehead atoms. The van der Waals surface area contributed by atoms with Crippen molar-refractivity contribution < 1.29 is 9.59 Å². The van der Waals surface area contributed by atoms with E-state index in [4.69, 9.17) is 5.73 Å². The number of aryl methyl sites for hydroxylation is 2. The van der Waals surface area contributed by atoms with Crippen molar-refractivity contribution in [3.8, 4) is 0 Å². The number of carbonyl (C=O) groups excluding carboxylic acids is 2. The van der Waals surface area contributed by atoms with E-state index in [1.165, 1.54) is 4.90 Å². The molecule has 1 aliphatic heterocycles. The van der Waals surface area contributed by atoms with E-state index in [2.05, 4.69) is 0 Å². The van der Waals surface area contributed by atoms with Crippen LogP contribution in [0.3, 0.4) is 0 Å². The summed E-state index contributed by atoms with van der Waals surface area (Å²) in [6, 6.07) is 3.52. The van der Waals surface area contributed by atoms with Gasteiger partial charge in [0.25, 0.3) is 11.8 Å². The molecule has 19 heavy (non-hydrogen) atoms. The topological polar surface area (TPSA) is 63.4 Å². The van der Waals surface area contributed by atoms with E-state index in [0.29, 0.717) is 17.7 Å². The molecule has 0 radical (unpaired) electrons. The number of nitrogens with zero attached hydrogens (tertiary/aromatic N) is 1. The minimum Gasteiger partial charge on any atom is -0.328 e. The van der Waals surface area contributed by atoms with Crippen molar-refractivity contribution in [1.29, 1.82) is 0 Å². The smallest absolute Gasteiger partial charge is 0.262 e. The summed E-state index contributed by atoms with van der Waals surface area (Å²) in [6.45, 7) is 7.96. The third-order valence-electron chi connectivity index (χ3n) is 3.83. The summed E-state index contributed by atoms with van der Waals surface area (Å²) in [5.41, 5.74) is 8.53. The Morgan fingerprint density at radius 3 is 1.79 bits per heavy atom. The van der Waals surface area contributed by atoms with E-state index in [-0.39, 0.29) is 23.8 Å². The molecular formula is C15H20N2O2. The number of rotatable bonds is 3. The van der Waals surface area contributed by atoms with Crippen molar-refractivity contribution in [2.24, 2.45) is 11.7 Å². The molecule has 0 spiro atoms. The zero-order chi connectivity index (χ0) is 14.3. The van der Waals surface area contributed by atoms with Gasteiger partial charge in [0.2, 0.25) is 0 Å². The molecule has 0 aromatic heterocycles. The third kappa shape index (κ3) is 1.96. The largest absolute Gasteiger partial charge is 0.328 e. The van der Waals surface area contributed by atoms with Gasteiger partial charge in [-0.1, -0.05) is 26.0 Å².